The van der Waals surface area contributed by atoms with Crippen molar-refractivity contribution in [3.63, 3.8) is 0 Å². The molecule has 0 saturated carbocycles. The first-order chi connectivity index (χ1) is 12.0. The molecule has 25 heavy (non-hydrogen) atoms. The summed E-state index contributed by atoms with van der Waals surface area (Å²) in [6, 6.07) is 5.41. The van der Waals surface area contributed by atoms with Crippen LogP contribution in [0.2, 0.25) is 0 Å². The van der Waals surface area contributed by atoms with E-state index in [2.05, 4.69) is 10.6 Å². The number of rotatable bonds is 6. The van der Waals surface area contributed by atoms with E-state index in [1.165, 1.54) is 14.0 Å². The molecular weight excluding hydrogens is 328 g/mol. The number of ether oxygens (including phenoxy) is 1. The second-order valence-corrected chi connectivity index (χ2v) is 4.94. The number of esters is 1. The van der Waals surface area contributed by atoms with E-state index < -0.39 is 18.5 Å². The lowest BCUT2D eigenvalue weighted by atomic mass is 10.1. The van der Waals surface area contributed by atoms with E-state index in [-0.39, 0.29) is 35.2 Å². The van der Waals surface area contributed by atoms with Gasteiger partial charge in [0.25, 0.3) is 5.91 Å². The number of furan rings is 1. The molecule has 2 amide bonds. The zero-order chi connectivity index (χ0) is 18.4. The molecule has 9 nitrogen and oxygen atoms in total. The van der Waals surface area contributed by atoms with Crippen molar-refractivity contribution >= 4 is 17.8 Å². The lowest BCUT2D eigenvalue weighted by molar-refractivity contribution is -0.127. The molecule has 2 heterocycles. The number of nitrogens with zero attached hydrogens (tertiary/aromatic N) is 2. The van der Waals surface area contributed by atoms with Gasteiger partial charge >= 0.3 is 5.97 Å². The number of nitrogens with one attached hydrogen (secondary N) is 2. The van der Waals surface area contributed by atoms with E-state index in [1.807, 2.05) is 6.07 Å². The number of carbonyl (C=O) groups is 3. The third-order valence-electron chi connectivity index (χ3n) is 3.28. The Hall–Kier alpha value is -3.54. The first-order valence-corrected chi connectivity index (χ1v) is 7.29. The summed E-state index contributed by atoms with van der Waals surface area (Å²) in [5.74, 6) is -1.47. The van der Waals surface area contributed by atoms with Gasteiger partial charge in [-0.25, -0.2) is 4.79 Å². The summed E-state index contributed by atoms with van der Waals surface area (Å²) in [6.45, 7) is 0.721. The minimum absolute atomic E-state index is 0.0180. The summed E-state index contributed by atoms with van der Waals surface area (Å²) in [6.07, 6.45) is 3.33. The molecule has 0 fully saturated rings. The molecule has 130 valence electrons. The van der Waals surface area contributed by atoms with Crippen LogP contribution in [0.5, 0.6) is 0 Å². The van der Waals surface area contributed by atoms with E-state index >= 15 is 0 Å². The highest BCUT2D eigenvalue weighted by Gasteiger charge is 2.26. The molecule has 0 aliphatic carbocycles. The van der Waals surface area contributed by atoms with Crippen LogP contribution in [0.15, 0.2) is 28.9 Å². The Morgan fingerprint density at radius 1 is 1.28 bits per heavy atom. The molecular formula is C16H16N4O5. The van der Waals surface area contributed by atoms with Gasteiger partial charge in [-0.3, -0.25) is 14.2 Å². The van der Waals surface area contributed by atoms with Crippen molar-refractivity contribution in [2.75, 3.05) is 20.2 Å². The van der Waals surface area contributed by atoms with Gasteiger partial charge in [-0.15, -0.1) is 0 Å². The molecule has 0 bridgehead atoms. The molecule has 0 saturated heterocycles. The molecule has 0 aromatic carbocycles. The summed E-state index contributed by atoms with van der Waals surface area (Å²) < 4.78 is 11.9. The Morgan fingerprint density at radius 3 is 2.56 bits per heavy atom. The van der Waals surface area contributed by atoms with E-state index in [0.717, 1.165) is 0 Å². The standard InChI is InChI=1S/C16H16N4O5/c1-10-14(11(7-17)15(25-10)20-5-3-4-6-20)16(23)24-9-13(22)19-8-12(21)18-2/h3-6H,8-9H2,1-2H3,(H,18,21)(H,19,22). The van der Waals surface area contributed by atoms with Gasteiger partial charge in [0, 0.05) is 19.4 Å². The summed E-state index contributed by atoms with van der Waals surface area (Å²) in [4.78, 5) is 34.8. The van der Waals surface area contributed by atoms with Crippen molar-refractivity contribution in [3.8, 4) is 12.0 Å². The zero-order valence-electron chi connectivity index (χ0n) is 13.7. The number of likely N-dealkylation sites (N-methyl/N-ethyl adjacent to an activating group) is 1. The van der Waals surface area contributed by atoms with Crippen molar-refractivity contribution in [1.29, 1.82) is 5.26 Å². The monoisotopic (exact) mass is 344 g/mol. The first kappa shape index (κ1) is 17.8. The number of carbonyl (C=O) groups excluding carboxylic acids is 3. The number of aromatic nitrogens is 1. The molecule has 2 N–H and O–H groups in total. The molecule has 0 unspecified atom stereocenters. The Morgan fingerprint density at radius 2 is 1.96 bits per heavy atom. The van der Waals surface area contributed by atoms with Crippen LogP contribution in [0.25, 0.3) is 5.88 Å². The van der Waals surface area contributed by atoms with Crippen LogP contribution < -0.4 is 10.6 Å². The molecule has 0 aliphatic rings. The van der Waals surface area contributed by atoms with Crippen molar-refractivity contribution in [2.24, 2.45) is 0 Å². The van der Waals surface area contributed by atoms with Crippen LogP contribution >= 0.6 is 0 Å². The van der Waals surface area contributed by atoms with E-state index in [1.54, 1.807) is 29.1 Å². The lowest BCUT2D eigenvalue weighted by Crippen LogP contribution is -2.37. The second-order valence-electron chi connectivity index (χ2n) is 4.94. The minimum Gasteiger partial charge on any atom is -0.452 e. The van der Waals surface area contributed by atoms with Gasteiger partial charge in [-0.2, -0.15) is 5.26 Å². The van der Waals surface area contributed by atoms with Gasteiger partial charge < -0.3 is 19.8 Å². The molecule has 0 spiro atoms. The molecule has 0 atom stereocenters. The summed E-state index contributed by atoms with van der Waals surface area (Å²) in [7, 11) is 1.43. The van der Waals surface area contributed by atoms with Crippen LogP contribution in [-0.2, 0) is 14.3 Å². The Bertz CT molecular complexity index is 830. The largest absolute Gasteiger partial charge is 0.452 e. The molecule has 2 aromatic heterocycles. The van der Waals surface area contributed by atoms with Gasteiger partial charge in [0.05, 0.1) is 6.54 Å². The van der Waals surface area contributed by atoms with Gasteiger partial charge in [-0.1, -0.05) is 0 Å². The topological polar surface area (TPSA) is 126 Å². The minimum atomic E-state index is -0.855. The summed E-state index contributed by atoms with van der Waals surface area (Å²) in [5, 5.41) is 14.0. The number of amides is 2. The molecule has 2 rings (SSSR count). The highest BCUT2D eigenvalue weighted by molar-refractivity contribution is 5.96. The molecule has 0 radical (unpaired) electrons. The predicted molar refractivity (Wildman–Crippen MR) is 84.8 cm³/mol. The normalized spacial score (nSPS) is 9.96. The maximum Gasteiger partial charge on any atom is 0.343 e. The van der Waals surface area contributed by atoms with Crippen LogP contribution in [0.1, 0.15) is 21.7 Å². The predicted octanol–water partition coefficient (Wildman–Crippen LogP) is 0.269. The van der Waals surface area contributed by atoms with Gasteiger partial charge in [0.1, 0.15) is 23.0 Å². The van der Waals surface area contributed by atoms with Crippen molar-refractivity contribution in [1.82, 2.24) is 15.2 Å². The second kappa shape index (κ2) is 7.83. The van der Waals surface area contributed by atoms with E-state index in [4.69, 9.17) is 9.15 Å². The number of hydrogen-bond donors (Lipinski definition) is 2. The lowest BCUT2D eigenvalue weighted by Gasteiger charge is -2.05. The third kappa shape index (κ3) is 4.06. The van der Waals surface area contributed by atoms with Crippen molar-refractivity contribution in [2.45, 2.75) is 6.92 Å². The van der Waals surface area contributed by atoms with Crippen molar-refractivity contribution < 1.29 is 23.5 Å². The van der Waals surface area contributed by atoms with E-state index in [9.17, 15) is 19.6 Å². The first-order valence-electron chi connectivity index (χ1n) is 7.29. The zero-order valence-corrected chi connectivity index (χ0v) is 13.7. The van der Waals surface area contributed by atoms with E-state index in [0.29, 0.717) is 0 Å². The van der Waals surface area contributed by atoms with Gasteiger partial charge in [0.2, 0.25) is 11.8 Å². The molecule has 0 aliphatic heterocycles. The summed E-state index contributed by atoms with van der Waals surface area (Å²) in [5.41, 5.74) is -0.0187. The highest BCUT2D eigenvalue weighted by atomic mass is 16.5. The average molecular weight is 344 g/mol. The number of nitriles is 1. The van der Waals surface area contributed by atoms with Crippen LogP contribution in [-0.4, -0.2) is 42.6 Å². The fraction of sp³-hybridized carbons (Fsp3) is 0.250. The maximum absolute atomic E-state index is 12.2. The Balaban J connectivity index is 2.09. The maximum atomic E-state index is 12.2. The van der Waals surface area contributed by atoms with Gasteiger partial charge in [-0.05, 0) is 19.1 Å². The van der Waals surface area contributed by atoms with Crippen LogP contribution in [0.3, 0.4) is 0 Å². The van der Waals surface area contributed by atoms with Crippen molar-refractivity contribution in [3.05, 3.63) is 41.4 Å². The molecule has 9 heteroatoms. The van der Waals surface area contributed by atoms with Crippen LogP contribution in [0, 0.1) is 18.3 Å². The smallest absolute Gasteiger partial charge is 0.343 e. The fourth-order valence-corrected chi connectivity index (χ4v) is 2.05. The number of aryl methyl sites for hydroxylation is 1. The Kier molecular flexibility index (Phi) is 5.58. The van der Waals surface area contributed by atoms with Gasteiger partial charge in [0.15, 0.2) is 6.61 Å². The quantitative estimate of drug-likeness (QED) is 0.724. The van der Waals surface area contributed by atoms with Crippen LogP contribution in [0.4, 0.5) is 0 Å². The average Bonchev–Trinajstić information content (AvgIpc) is 3.24. The third-order valence-corrected chi connectivity index (χ3v) is 3.28. The Labute approximate surface area is 143 Å². The fourth-order valence-electron chi connectivity index (χ4n) is 2.05. The SMILES string of the molecule is CNC(=O)CNC(=O)COC(=O)c1c(C)oc(-n2cccc2)c1C#N. The summed E-state index contributed by atoms with van der Waals surface area (Å²) >= 11 is 0. The number of hydrogen-bond acceptors (Lipinski definition) is 6. The highest BCUT2D eigenvalue weighted by Crippen LogP contribution is 2.26. The molecule has 2 aromatic rings.